The Hall–Kier alpha value is -3.45. The Morgan fingerprint density at radius 1 is 0.857 bits per heavy atom. The van der Waals surface area contributed by atoms with Crippen LogP contribution in [0.15, 0.2) is 78.9 Å². The molecule has 0 radical (unpaired) electrons. The van der Waals surface area contributed by atoms with Crippen LogP contribution in [-0.4, -0.2) is 37.1 Å². The number of para-hydroxylation sites is 1. The minimum Gasteiger partial charge on any atom is -0.378 e. The normalized spacial score (nSPS) is 15.4. The van der Waals surface area contributed by atoms with Crippen LogP contribution in [0.25, 0.3) is 0 Å². The third kappa shape index (κ3) is 7.52. The number of likely N-dealkylation sites (tertiary alicyclic amines) is 1. The molecule has 1 atom stereocenters. The van der Waals surface area contributed by atoms with E-state index in [9.17, 15) is 13.6 Å². The largest absolute Gasteiger partial charge is 0.378 e. The fourth-order valence-corrected chi connectivity index (χ4v) is 4.58. The Morgan fingerprint density at radius 2 is 1.49 bits per heavy atom. The molecule has 1 heterocycles. The van der Waals surface area contributed by atoms with E-state index in [0.29, 0.717) is 12.5 Å². The second-order valence-corrected chi connectivity index (χ2v) is 8.96. The Kier molecular flexibility index (Phi) is 8.68. The zero-order valence-electron chi connectivity index (χ0n) is 19.7. The van der Waals surface area contributed by atoms with Gasteiger partial charge in [0.05, 0.1) is 6.04 Å². The molecule has 0 spiro atoms. The van der Waals surface area contributed by atoms with Crippen molar-refractivity contribution in [3.05, 3.63) is 96.1 Å². The zero-order chi connectivity index (χ0) is 24.5. The summed E-state index contributed by atoms with van der Waals surface area (Å²) >= 11 is 0. The number of benzene rings is 3. The molecule has 184 valence electrons. The molecule has 3 aromatic rings. The van der Waals surface area contributed by atoms with E-state index in [2.05, 4.69) is 20.9 Å². The van der Waals surface area contributed by atoms with Crippen LogP contribution < -0.4 is 16.0 Å². The van der Waals surface area contributed by atoms with E-state index in [4.69, 9.17) is 0 Å². The van der Waals surface area contributed by atoms with E-state index in [-0.39, 0.29) is 23.7 Å². The van der Waals surface area contributed by atoms with Gasteiger partial charge in [0.25, 0.3) is 0 Å². The van der Waals surface area contributed by atoms with Crippen molar-refractivity contribution < 1.29 is 13.6 Å². The first-order valence-corrected chi connectivity index (χ1v) is 12.2. The number of carbonyl (C=O) groups is 1. The molecular weight excluding hydrogens is 446 g/mol. The molecule has 3 N–H and O–H groups in total. The topological polar surface area (TPSA) is 56.4 Å². The highest BCUT2D eigenvalue weighted by atomic mass is 19.1. The van der Waals surface area contributed by atoms with Crippen LogP contribution in [0.2, 0.25) is 0 Å². The van der Waals surface area contributed by atoms with E-state index < -0.39 is 0 Å². The van der Waals surface area contributed by atoms with Crippen LogP contribution in [0.5, 0.6) is 0 Å². The summed E-state index contributed by atoms with van der Waals surface area (Å²) in [5.41, 5.74) is 2.66. The number of piperidine rings is 1. The van der Waals surface area contributed by atoms with Crippen molar-refractivity contribution in [2.75, 3.05) is 36.8 Å². The van der Waals surface area contributed by atoms with Crippen molar-refractivity contribution in [3.8, 4) is 0 Å². The summed E-state index contributed by atoms with van der Waals surface area (Å²) in [6.07, 6.45) is 2.87. The number of rotatable bonds is 9. The minimum absolute atomic E-state index is 0.0200. The number of hydrogen-bond donors (Lipinski definition) is 3. The van der Waals surface area contributed by atoms with Gasteiger partial charge in [-0.25, -0.2) is 13.6 Å². The van der Waals surface area contributed by atoms with E-state index in [1.54, 1.807) is 12.1 Å². The molecular formula is C28H32F2N4O. The summed E-state index contributed by atoms with van der Waals surface area (Å²) in [7, 11) is 0. The Balaban J connectivity index is 1.25. The maximum absolute atomic E-state index is 13.5. The summed E-state index contributed by atoms with van der Waals surface area (Å²) in [6, 6.07) is 22.2. The molecule has 0 saturated carbocycles. The lowest BCUT2D eigenvalue weighted by Crippen LogP contribution is -2.39. The molecule has 3 aromatic carbocycles. The van der Waals surface area contributed by atoms with Crippen LogP contribution in [0.3, 0.4) is 0 Å². The lowest BCUT2D eigenvalue weighted by atomic mass is 9.85. The van der Waals surface area contributed by atoms with Gasteiger partial charge in [-0.2, -0.15) is 0 Å². The standard InChI is InChI=1S/C28H32F2N4O/c29-23-9-7-21(8-10-23)27(32-26-13-11-24(30)12-14-26)22-15-19-34(20-16-22)18-4-17-31-28(35)33-25-5-2-1-3-6-25/h1-3,5-14,22,27,32H,4,15-20H2,(H2,31,33,35). The summed E-state index contributed by atoms with van der Waals surface area (Å²) in [4.78, 5) is 14.4. The highest BCUT2D eigenvalue weighted by Gasteiger charge is 2.27. The van der Waals surface area contributed by atoms with Crippen LogP contribution in [-0.2, 0) is 0 Å². The molecule has 0 aliphatic carbocycles. The highest BCUT2D eigenvalue weighted by Crippen LogP contribution is 2.34. The predicted octanol–water partition coefficient (Wildman–Crippen LogP) is 6.04. The first-order chi connectivity index (χ1) is 17.1. The molecule has 1 aliphatic rings. The summed E-state index contributed by atoms with van der Waals surface area (Å²) in [6.45, 7) is 3.46. The first-order valence-electron chi connectivity index (χ1n) is 12.2. The number of hydrogen-bond acceptors (Lipinski definition) is 3. The molecule has 1 aliphatic heterocycles. The van der Waals surface area contributed by atoms with Crippen molar-refractivity contribution in [3.63, 3.8) is 0 Å². The van der Waals surface area contributed by atoms with Gasteiger partial charge in [-0.05, 0) is 98.9 Å². The van der Waals surface area contributed by atoms with Gasteiger partial charge in [0.2, 0.25) is 0 Å². The van der Waals surface area contributed by atoms with Crippen molar-refractivity contribution in [2.45, 2.75) is 25.3 Å². The Bertz CT molecular complexity index is 1050. The van der Waals surface area contributed by atoms with Crippen molar-refractivity contribution in [1.82, 2.24) is 10.2 Å². The van der Waals surface area contributed by atoms with Crippen LogP contribution in [0.4, 0.5) is 25.0 Å². The van der Waals surface area contributed by atoms with Crippen LogP contribution in [0.1, 0.15) is 30.9 Å². The van der Waals surface area contributed by atoms with Crippen molar-refractivity contribution in [2.24, 2.45) is 5.92 Å². The fourth-order valence-electron chi connectivity index (χ4n) is 4.58. The average Bonchev–Trinajstić information content (AvgIpc) is 2.88. The van der Waals surface area contributed by atoms with Gasteiger partial charge in [0, 0.05) is 17.9 Å². The summed E-state index contributed by atoms with van der Waals surface area (Å²) < 4.78 is 26.9. The number of nitrogens with one attached hydrogen (secondary N) is 3. The molecule has 5 nitrogen and oxygen atoms in total. The smallest absolute Gasteiger partial charge is 0.319 e. The molecule has 0 bridgehead atoms. The number of nitrogens with zero attached hydrogens (tertiary/aromatic N) is 1. The number of amides is 2. The molecule has 1 saturated heterocycles. The number of halogens is 2. The second kappa shape index (κ2) is 12.3. The van der Waals surface area contributed by atoms with Gasteiger partial charge >= 0.3 is 6.03 Å². The lowest BCUT2D eigenvalue weighted by molar-refractivity contribution is 0.171. The molecule has 2 amide bonds. The van der Waals surface area contributed by atoms with Gasteiger partial charge in [0.1, 0.15) is 11.6 Å². The van der Waals surface area contributed by atoms with Gasteiger partial charge in [-0.3, -0.25) is 0 Å². The third-order valence-corrected chi connectivity index (χ3v) is 6.47. The predicted molar refractivity (Wildman–Crippen MR) is 136 cm³/mol. The molecule has 1 unspecified atom stereocenters. The van der Waals surface area contributed by atoms with Crippen LogP contribution in [0, 0.1) is 17.6 Å². The Labute approximate surface area is 205 Å². The third-order valence-electron chi connectivity index (χ3n) is 6.47. The van der Waals surface area contributed by atoms with Crippen LogP contribution >= 0.6 is 0 Å². The molecule has 0 aromatic heterocycles. The van der Waals surface area contributed by atoms with Gasteiger partial charge in [-0.15, -0.1) is 0 Å². The first kappa shape index (κ1) is 24.7. The second-order valence-electron chi connectivity index (χ2n) is 8.96. The van der Waals surface area contributed by atoms with Gasteiger partial charge < -0.3 is 20.9 Å². The molecule has 1 fully saturated rings. The highest BCUT2D eigenvalue weighted by molar-refractivity contribution is 5.89. The van der Waals surface area contributed by atoms with Gasteiger partial charge in [0.15, 0.2) is 0 Å². The van der Waals surface area contributed by atoms with E-state index >= 15 is 0 Å². The van der Waals surface area contributed by atoms with E-state index in [1.807, 2.05) is 42.5 Å². The molecule has 35 heavy (non-hydrogen) atoms. The van der Waals surface area contributed by atoms with Crippen molar-refractivity contribution in [1.29, 1.82) is 0 Å². The van der Waals surface area contributed by atoms with E-state index in [1.165, 1.54) is 24.3 Å². The maximum atomic E-state index is 13.5. The quantitative estimate of drug-likeness (QED) is 0.329. The monoisotopic (exact) mass is 478 g/mol. The summed E-state index contributed by atoms with van der Waals surface area (Å²) in [5.74, 6) is -0.152. The fraction of sp³-hybridized carbons (Fsp3) is 0.321. The maximum Gasteiger partial charge on any atom is 0.319 e. The number of anilines is 2. The van der Waals surface area contributed by atoms with Crippen molar-refractivity contribution >= 4 is 17.4 Å². The summed E-state index contributed by atoms with van der Waals surface area (Å²) in [5, 5.41) is 9.29. The lowest BCUT2D eigenvalue weighted by Gasteiger charge is -2.37. The molecule has 4 rings (SSSR count). The van der Waals surface area contributed by atoms with Gasteiger partial charge in [-0.1, -0.05) is 30.3 Å². The number of carbonyl (C=O) groups excluding carboxylic acids is 1. The molecule has 7 heteroatoms. The number of urea groups is 1. The van der Waals surface area contributed by atoms with E-state index in [0.717, 1.165) is 55.8 Å². The SMILES string of the molecule is O=C(NCCCN1CCC(C(Nc2ccc(F)cc2)c2ccc(F)cc2)CC1)Nc1ccccc1. The Morgan fingerprint density at radius 3 is 2.14 bits per heavy atom. The minimum atomic E-state index is -0.269. The zero-order valence-corrected chi connectivity index (χ0v) is 19.7. The average molecular weight is 479 g/mol.